The van der Waals surface area contributed by atoms with Gasteiger partial charge >= 0.3 is 5.97 Å². The van der Waals surface area contributed by atoms with E-state index < -0.39 is 5.60 Å². The largest absolute Gasteiger partial charge is 0.459 e. The number of esters is 1. The number of nitrogen functional groups attached to an aromatic ring is 1. The smallest absolute Gasteiger partial charge is 0.323 e. The minimum atomic E-state index is -0.490. The Morgan fingerprint density at radius 2 is 1.84 bits per heavy atom. The molecule has 3 aromatic rings. The number of carbonyl (C=O) groups is 1. The van der Waals surface area contributed by atoms with Crippen LogP contribution in [0, 0.1) is 0 Å². The van der Waals surface area contributed by atoms with E-state index in [-0.39, 0.29) is 18.1 Å². The fourth-order valence-corrected chi connectivity index (χ4v) is 4.78. The van der Waals surface area contributed by atoms with Gasteiger partial charge in [0.15, 0.2) is 11.6 Å². The normalized spacial score (nSPS) is 17.7. The molecule has 202 valence electrons. The van der Waals surface area contributed by atoms with Crippen LogP contribution in [-0.4, -0.2) is 40.2 Å². The van der Waals surface area contributed by atoms with Crippen molar-refractivity contribution in [2.45, 2.75) is 64.4 Å². The molecule has 1 aliphatic heterocycles. The maximum absolute atomic E-state index is 12.4. The average Bonchev–Trinajstić information content (AvgIpc) is 2.88. The van der Waals surface area contributed by atoms with E-state index in [1.807, 2.05) is 32.9 Å². The van der Waals surface area contributed by atoms with Crippen LogP contribution in [0.5, 0.6) is 0 Å². The molecule has 1 saturated heterocycles. The van der Waals surface area contributed by atoms with Crippen molar-refractivity contribution >= 4 is 40.8 Å². The van der Waals surface area contributed by atoms with Crippen molar-refractivity contribution in [1.82, 2.24) is 20.6 Å². The zero-order valence-electron chi connectivity index (χ0n) is 21.9. The van der Waals surface area contributed by atoms with E-state index in [2.05, 4.69) is 38.1 Å². The molecule has 5 N–H and O–H groups in total. The first kappa shape index (κ1) is 28.1. The van der Waals surface area contributed by atoms with Gasteiger partial charge in [-0.05, 0) is 57.9 Å². The van der Waals surface area contributed by atoms with Crippen molar-refractivity contribution in [3.05, 3.63) is 69.8 Å². The lowest BCUT2D eigenvalue weighted by atomic mass is 9.98. The van der Waals surface area contributed by atoms with Crippen LogP contribution in [0.15, 0.2) is 48.7 Å². The Morgan fingerprint density at radius 3 is 2.53 bits per heavy atom. The second-order valence-electron chi connectivity index (χ2n) is 10.4. The van der Waals surface area contributed by atoms with Gasteiger partial charge in [-0.15, -0.1) is 0 Å². The summed E-state index contributed by atoms with van der Waals surface area (Å²) in [5.41, 5.74) is 9.09. The Labute approximate surface area is 233 Å². The lowest BCUT2D eigenvalue weighted by Crippen LogP contribution is -2.51. The van der Waals surface area contributed by atoms with E-state index in [4.69, 9.17) is 33.7 Å². The van der Waals surface area contributed by atoms with Gasteiger partial charge < -0.3 is 26.4 Å². The maximum Gasteiger partial charge on any atom is 0.323 e. The standard InChI is InChI=1S/C28H34Cl2N6O2/c1-28(2,3)38-27(37)23-13-19(11-12-32-23)33-14-17-7-9-18(10-8-17)24-16-34-25(31)26(36-24)35-15-20-21(29)5-4-6-22(20)30/h4-10,16,19,23,32-33H,11-15H2,1-3H3,(H2,31,34)(H,35,36)/t19?,23-/m1/s1. The molecular weight excluding hydrogens is 523 g/mol. The van der Waals surface area contributed by atoms with Crippen LogP contribution < -0.4 is 21.7 Å². The number of halogens is 2. The molecule has 1 aromatic heterocycles. The quantitative estimate of drug-likeness (QED) is 0.280. The van der Waals surface area contributed by atoms with Crippen LogP contribution in [0.3, 0.4) is 0 Å². The maximum atomic E-state index is 12.4. The number of nitrogens with one attached hydrogen (secondary N) is 3. The number of carbonyl (C=O) groups excluding carboxylic acids is 1. The molecule has 1 fully saturated rings. The minimum Gasteiger partial charge on any atom is -0.459 e. The van der Waals surface area contributed by atoms with Gasteiger partial charge in [0, 0.05) is 40.3 Å². The summed E-state index contributed by atoms with van der Waals surface area (Å²) in [5, 5.41) is 11.2. The molecule has 0 bridgehead atoms. The molecule has 0 aliphatic carbocycles. The molecule has 38 heavy (non-hydrogen) atoms. The van der Waals surface area contributed by atoms with Crippen molar-refractivity contribution in [3.8, 4) is 11.3 Å². The number of nitrogens with two attached hydrogens (primary N) is 1. The number of aromatic nitrogens is 2. The van der Waals surface area contributed by atoms with E-state index in [1.54, 1.807) is 24.4 Å². The van der Waals surface area contributed by atoms with Crippen molar-refractivity contribution in [2.24, 2.45) is 0 Å². The number of hydrogen-bond acceptors (Lipinski definition) is 8. The molecule has 0 saturated carbocycles. The molecule has 8 nitrogen and oxygen atoms in total. The van der Waals surface area contributed by atoms with Crippen LogP contribution in [0.1, 0.15) is 44.7 Å². The highest BCUT2D eigenvalue weighted by molar-refractivity contribution is 6.36. The Bertz CT molecular complexity index is 1240. The molecule has 0 amide bonds. The lowest BCUT2D eigenvalue weighted by Gasteiger charge is -2.31. The zero-order chi connectivity index (χ0) is 27.3. The Kier molecular flexibility index (Phi) is 9.10. The first-order chi connectivity index (χ1) is 18.1. The fraction of sp³-hybridized carbons (Fsp3) is 0.393. The van der Waals surface area contributed by atoms with Gasteiger partial charge in [-0.25, -0.2) is 9.97 Å². The SMILES string of the molecule is CC(C)(C)OC(=O)[C@H]1CC(NCc2ccc(-c3cnc(N)c(NCc4c(Cl)cccc4Cl)n3)cc2)CCN1. The number of benzene rings is 2. The molecule has 0 radical (unpaired) electrons. The second-order valence-corrected chi connectivity index (χ2v) is 11.2. The van der Waals surface area contributed by atoms with Crippen LogP contribution >= 0.6 is 23.2 Å². The summed E-state index contributed by atoms with van der Waals surface area (Å²) in [5.74, 6) is 0.570. The van der Waals surface area contributed by atoms with Gasteiger partial charge in [0.25, 0.3) is 0 Å². The van der Waals surface area contributed by atoms with Gasteiger partial charge in [-0.2, -0.15) is 0 Å². The molecule has 2 atom stereocenters. The van der Waals surface area contributed by atoms with Crippen molar-refractivity contribution in [2.75, 3.05) is 17.6 Å². The highest BCUT2D eigenvalue weighted by Crippen LogP contribution is 2.27. The zero-order valence-corrected chi connectivity index (χ0v) is 23.4. The predicted octanol–water partition coefficient (Wildman–Crippen LogP) is 5.20. The third kappa shape index (κ3) is 7.57. The molecular formula is C28H34Cl2N6O2. The van der Waals surface area contributed by atoms with Crippen molar-refractivity contribution < 1.29 is 9.53 Å². The average molecular weight is 558 g/mol. The van der Waals surface area contributed by atoms with Crippen molar-refractivity contribution in [1.29, 1.82) is 0 Å². The Hall–Kier alpha value is -2.91. The molecule has 4 rings (SSSR count). The fourth-order valence-electron chi connectivity index (χ4n) is 4.25. The van der Waals surface area contributed by atoms with Gasteiger partial charge in [0.05, 0.1) is 11.9 Å². The van der Waals surface area contributed by atoms with E-state index in [0.29, 0.717) is 46.9 Å². The molecule has 0 spiro atoms. The summed E-state index contributed by atoms with van der Waals surface area (Å²) in [7, 11) is 0. The first-order valence-electron chi connectivity index (χ1n) is 12.7. The van der Waals surface area contributed by atoms with Crippen LogP contribution in [0.4, 0.5) is 11.6 Å². The Morgan fingerprint density at radius 1 is 1.13 bits per heavy atom. The summed E-state index contributed by atoms with van der Waals surface area (Å²) in [4.78, 5) is 21.4. The second kappa shape index (κ2) is 12.3. The van der Waals surface area contributed by atoms with Gasteiger partial charge in [-0.1, -0.05) is 53.5 Å². The van der Waals surface area contributed by atoms with Crippen LogP contribution in [0.2, 0.25) is 10.0 Å². The van der Waals surface area contributed by atoms with Crippen LogP contribution in [0.25, 0.3) is 11.3 Å². The van der Waals surface area contributed by atoms with Gasteiger partial charge in [-0.3, -0.25) is 4.79 Å². The summed E-state index contributed by atoms with van der Waals surface area (Å²) in [6, 6.07) is 13.5. The van der Waals surface area contributed by atoms with Crippen molar-refractivity contribution in [3.63, 3.8) is 0 Å². The third-order valence-corrected chi connectivity index (χ3v) is 6.94. The highest BCUT2D eigenvalue weighted by atomic mass is 35.5. The van der Waals surface area contributed by atoms with Gasteiger partial charge in [0.1, 0.15) is 11.6 Å². The lowest BCUT2D eigenvalue weighted by molar-refractivity contribution is -0.158. The summed E-state index contributed by atoms with van der Waals surface area (Å²) < 4.78 is 5.54. The van der Waals surface area contributed by atoms with E-state index >= 15 is 0 Å². The molecule has 1 unspecified atom stereocenters. The molecule has 2 heterocycles. The minimum absolute atomic E-state index is 0.193. The monoisotopic (exact) mass is 556 g/mol. The number of hydrogen-bond donors (Lipinski definition) is 4. The Balaban J connectivity index is 1.35. The number of piperidine rings is 1. The summed E-state index contributed by atoms with van der Waals surface area (Å²) in [6.07, 6.45) is 3.30. The molecule has 1 aliphatic rings. The predicted molar refractivity (Wildman–Crippen MR) is 153 cm³/mol. The van der Waals surface area contributed by atoms with Crippen LogP contribution in [-0.2, 0) is 22.6 Å². The number of anilines is 2. The molecule has 10 heteroatoms. The number of ether oxygens (including phenoxy) is 1. The number of nitrogens with zero attached hydrogens (tertiary/aromatic N) is 2. The topological polar surface area (TPSA) is 114 Å². The molecule has 2 aromatic carbocycles. The summed E-state index contributed by atoms with van der Waals surface area (Å²) in [6.45, 7) is 7.50. The highest BCUT2D eigenvalue weighted by Gasteiger charge is 2.30. The van der Waals surface area contributed by atoms with E-state index in [9.17, 15) is 4.79 Å². The summed E-state index contributed by atoms with van der Waals surface area (Å²) >= 11 is 12.6. The number of rotatable bonds is 8. The van der Waals surface area contributed by atoms with Gasteiger partial charge in [0.2, 0.25) is 0 Å². The van der Waals surface area contributed by atoms with E-state index in [0.717, 1.165) is 29.7 Å². The third-order valence-electron chi connectivity index (χ3n) is 6.23. The first-order valence-corrected chi connectivity index (χ1v) is 13.4. The van der Waals surface area contributed by atoms with E-state index in [1.165, 1.54) is 0 Å².